The van der Waals surface area contributed by atoms with Crippen LogP contribution in [0.4, 0.5) is 0 Å². The minimum atomic E-state index is 0.424. The van der Waals surface area contributed by atoms with Gasteiger partial charge in [0.25, 0.3) is 0 Å². The average molecular weight is 456 g/mol. The standard InChI is InChI=1S/C23H26BrN3O2/c1-13(2)11-28-20-9-17-18(10-21(20)29-12-14(3)4)26-23-22(25-17)16-8-15(24)6-7-19(16)27(23)5/h6-10,13-14H,11-12H2,1-5H3. The number of aryl methyl sites for hydroxylation is 1. The minimum absolute atomic E-state index is 0.424. The lowest BCUT2D eigenvalue weighted by molar-refractivity contribution is 0.230. The van der Waals surface area contributed by atoms with Gasteiger partial charge in [-0.25, -0.2) is 9.97 Å². The Morgan fingerprint density at radius 3 is 2.07 bits per heavy atom. The van der Waals surface area contributed by atoms with E-state index in [1.807, 2.05) is 25.2 Å². The Hall–Kier alpha value is -2.34. The number of benzene rings is 2. The first-order valence-corrected chi connectivity index (χ1v) is 10.8. The molecule has 0 saturated carbocycles. The fourth-order valence-corrected chi connectivity index (χ4v) is 3.67. The molecule has 0 radical (unpaired) electrons. The first-order chi connectivity index (χ1) is 13.8. The summed E-state index contributed by atoms with van der Waals surface area (Å²) in [5.41, 5.74) is 4.46. The predicted molar refractivity (Wildman–Crippen MR) is 122 cm³/mol. The van der Waals surface area contributed by atoms with Crippen LogP contribution in [0.3, 0.4) is 0 Å². The molecule has 0 N–H and O–H groups in total. The van der Waals surface area contributed by atoms with Gasteiger partial charge in [-0.1, -0.05) is 43.6 Å². The van der Waals surface area contributed by atoms with Gasteiger partial charge in [0.05, 0.1) is 29.8 Å². The van der Waals surface area contributed by atoms with E-state index in [9.17, 15) is 0 Å². The summed E-state index contributed by atoms with van der Waals surface area (Å²) in [4.78, 5) is 9.87. The third-order valence-corrected chi connectivity index (χ3v) is 5.24. The highest BCUT2D eigenvalue weighted by Gasteiger charge is 2.16. The van der Waals surface area contributed by atoms with E-state index in [4.69, 9.17) is 19.4 Å². The molecular formula is C23H26BrN3O2. The van der Waals surface area contributed by atoms with Gasteiger partial charge >= 0.3 is 0 Å². The molecule has 0 aliphatic carbocycles. The molecule has 0 atom stereocenters. The van der Waals surface area contributed by atoms with Gasteiger partial charge in [-0.3, -0.25) is 0 Å². The fraction of sp³-hybridized carbons (Fsp3) is 0.391. The van der Waals surface area contributed by atoms with Crippen LogP contribution >= 0.6 is 15.9 Å². The highest BCUT2D eigenvalue weighted by molar-refractivity contribution is 9.10. The van der Waals surface area contributed by atoms with Crippen LogP contribution < -0.4 is 9.47 Å². The van der Waals surface area contributed by atoms with Crippen molar-refractivity contribution in [2.45, 2.75) is 27.7 Å². The van der Waals surface area contributed by atoms with Crippen molar-refractivity contribution in [1.29, 1.82) is 0 Å². The fourth-order valence-electron chi connectivity index (χ4n) is 3.31. The number of ether oxygens (including phenoxy) is 2. The zero-order valence-electron chi connectivity index (χ0n) is 17.5. The zero-order chi connectivity index (χ0) is 20.7. The normalized spacial score (nSPS) is 12.0. The molecule has 2 aromatic carbocycles. The molecule has 29 heavy (non-hydrogen) atoms. The van der Waals surface area contributed by atoms with Crippen molar-refractivity contribution < 1.29 is 9.47 Å². The van der Waals surface area contributed by atoms with Crippen molar-refractivity contribution in [2.75, 3.05) is 13.2 Å². The summed E-state index contributed by atoms with van der Waals surface area (Å²) in [6.45, 7) is 9.78. The van der Waals surface area contributed by atoms with Crippen molar-refractivity contribution in [3.8, 4) is 11.5 Å². The van der Waals surface area contributed by atoms with E-state index in [1.165, 1.54) is 0 Å². The summed E-state index contributed by atoms with van der Waals surface area (Å²) >= 11 is 3.57. The zero-order valence-corrected chi connectivity index (χ0v) is 19.1. The maximum absolute atomic E-state index is 6.06. The molecule has 0 aliphatic heterocycles. The number of fused-ring (bicyclic) bond motifs is 4. The summed E-state index contributed by atoms with van der Waals surface area (Å²) in [7, 11) is 2.02. The van der Waals surface area contributed by atoms with E-state index >= 15 is 0 Å². The minimum Gasteiger partial charge on any atom is -0.489 e. The van der Waals surface area contributed by atoms with Crippen LogP contribution in [0.5, 0.6) is 11.5 Å². The maximum atomic E-state index is 6.06. The van der Waals surface area contributed by atoms with Crippen LogP contribution in [0.15, 0.2) is 34.8 Å². The van der Waals surface area contributed by atoms with Gasteiger partial charge in [-0.2, -0.15) is 0 Å². The number of halogens is 1. The van der Waals surface area contributed by atoms with Gasteiger partial charge in [-0.15, -0.1) is 0 Å². The van der Waals surface area contributed by atoms with E-state index in [0.717, 1.165) is 49.1 Å². The highest BCUT2D eigenvalue weighted by atomic mass is 79.9. The molecule has 6 heteroatoms. The van der Waals surface area contributed by atoms with Crippen molar-refractivity contribution in [1.82, 2.24) is 14.5 Å². The highest BCUT2D eigenvalue weighted by Crippen LogP contribution is 2.35. The molecule has 152 valence electrons. The Morgan fingerprint density at radius 2 is 1.48 bits per heavy atom. The monoisotopic (exact) mass is 455 g/mol. The molecule has 4 rings (SSSR count). The number of hydrogen-bond acceptors (Lipinski definition) is 4. The van der Waals surface area contributed by atoms with Crippen LogP contribution in [-0.2, 0) is 7.05 Å². The molecule has 0 amide bonds. The molecule has 5 nitrogen and oxygen atoms in total. The van der Waals surface area contributed by atoms with Gasteiger partial charge in [0.1, 0.15) is 5.52 Å². The average Bonchev–Trinajstić information content (AvgIpc) is 2.93. The van der Waals surface area contributed by atoms with Crippen molar-refractivity contribution in [3.63, 3.8) is 0 Å². The molecule has 0 unspecified atom stereocenters. The van der Waals surface area contributed by atoms with Gasteiger partial charge in [0.2, 0.25) is 0 Å². The number of rotatable bonds is 6. The largest absolute Gasteiger partial charge is 0.489 e. The maximum Gasteiger partial charge on any atom is 0.163 e. The van der Waals surface area contributed by atoms with Crippen molar-refractivity contribution >= 4 is 49.0 Å². The van der Waals surface area contributed by atoms with Crippen molar-refractivity contribution in [3.05, 3.63) is 34.8 Å². The summed E-state index contributed by atoms with van der Waals surface area (Å²) in [6, 6.07) is 10.1. The third-order valence-electron chi connectivity index (χ3n) is 4.75. The van der Waals surface area contributed by atoms with Gasteiger partial charge < -0.3 is 14.0 Å². The van der Waals surface area contributed by atoms with E-state index in [0.29, 0.717) is 25.0 Å². The number of hydrogen-bond donors (Lipinski definition) is 0. The second-order valence-electron chi connectivity index (χ2n) is 8.31. The van der Waals surface area contributed by atoms with Crippen molar-refractivity contribution in [2.24, 2.45) is 18.9 Å². The van der Waals surface area contributed by atoms with Crippen LogP contribution in [0.25, 0.3) is 33.1 Å². The molecule has 4 aromatic rings. The molecule has 0 fully saturated rings. The quantitative estimate of drug-likeness (QED) is 0.352. The lowest BCUT2D eigenvalue weighted by atomic mass is 10.2. The summed E-state index contributed by atoms with van der Waals surface area (Å²) in [5.74, 6) is 2.30. The molecule has 0 spiro atoms. The van der Waals surface area contributed by atoms with E-state index < -0.39 is 0 Å². The van der Waals surface area contributed by atoms with Gasteiger partial charge in [0, 0.05) is 29.0 Å². The second kappa shape index (κ2) is 7.82. The second-order valence-corrected chi connectivity index (χ2v) is 9.23. The number of nitrogens with zero attached hydrogens (tertiary/aromatic N) is 3. The topological polar surface area (TPSA) is 49.2 Å². The van der Waals surface area contributed by atoms with E-state index in [2.05, 4.69) is 60.3 Å². The Kier molecular flexibility index (Phi) is 5.38. The molecular weight excluding hydrogens is 430 g/mol. The Labute approximate surface area is 179 Å². The third kappa shape index (κ3) is 3.90. The lowest BCUT2D eigenvalue weighted by Crippen LogP contribution is -2.09. The Balaban J connectivity index is 1.91. The molecule has 2 heterocycles. The SMILES string of the molecule is CC(C)COc1cc2nc3c4cc(Br)ccc4n(C)c3nc2cc1OCC(C)C. The van der Waals surface area contributed by atoms with Gasteiger partial charge in [-0.05, 0) is 30.0 Å². The molecule has 2 aromatic heterocycles. The predicted octanol–water partition coefficient (Wildman–Crippen LogP) is 6.11. The first-order valence-electron chi connectivity index (χ1n) is 9.98. The van der Waals surface area contributed by atoms with Gasteiger partial charge in [0.15, 0.2) is 17.1 Å². The number of aromatic nitrogens is 3. The molecule has 0 aliphatic rings. The smallest absolute Gasteiger partial charge is 0.163 e. The van der Waals surface area contributed by atoms with Crippen LogP contribution in [0.1, 0.15) is 27.7 Å². The van der Waals surface area contributed by atoms with Crippen LogP contribution in [-0.4, -0.2) is 27.7 Å². The van der Waals surface area contributed by atoms with E-state index in [-0.39, 0.29) is 0 Å². The van der Waals surface area contributed by atoms with E-state index in [1.54, 1.807) is 0 Å². The van der Waals surface area contributed by atoms with Crippen LogP contribution in [0.2, 0.25) is 0 Å². The Bertz CT molecular complexity index is 1200. The summed E-state index contributed by atoms with van der Waals surface area (Å²) < 4.78 is 15.2. The molecule has 0 bridgehead atoms. The lowest BCUT2D eigenvalue weighted by Gasteiger charge is -2.16. The Morgan fingerprint density at radius 1 is 0.897 bits per heavy atom. The van der Waals surface area contributed by atoms with Crippen LogP contribution in [0, 0.1) is 11.8 Å². The summed E-state index contributed by atoms with van der Waals surface area (Å²) in [5, 5.41) is 1.08. The molecule has 0 saturated heterocycles. The first kappa shape index (κ1) is 20.0. The summed E-state index contributed by atoms with van der Waals surface area (Å²) in [6.07, 6.45) is 0.